The SMILES string of the molecule is Sc1nnc(CCCCc2nnc(S)s2)s1. The normalized spacial score (nSPS) is 10.9. The quantitative estimate of drug-likeness (QED) is 0.656. The minimum Gasteiger partial charge on any atom is -0.143 e. The molecule has 8 heteroatoms. The molecule has 0 aromatic carbocycles. The van der Waals surface area contributed by atoms with Crippen LogP contribution >= 0.6 is 47.9 Å². The van der Waals surface area contributed by atoms with E-state index in [1.165, 1.54) is 0 Å². The van der Waals surface area contributed by atoms with E-state index in [2.05, 4.69) is 45.7 Å². The Balaban J connectivity index is 1.69. The molecule has 4 nitrogen and oxygen atoms in total. The number of hydrogen-bond donors (Lipinski definition) is 2. The van der Waals surface area contributed by atoms with Crippen LogP contribution in [0.5, 0.6) is 0 Å². The Morgan fingerprint density at radius 2 is 1.19 bits per heavy atom. The Morgan fingerprint density at radius 1 is 0.750 bits per heavy atom. The average molecular weight is 290 g/mol. The molecule has 0 aliphatic rings. The summed E-state index contributed by atoms with van der Waals surface area (Å²) >= 11 is 11.3. The van der Waals surface area contributed by atoms with Crippen LogP contribution in [-0.2, 0) is 12.8 Å². The standard InChI is InChI=1S/C8H10N4S4/c13-7-11-9-5(15-7)3-1-2-4-6-10-12-8(14)16-6/h1-4H2,(H,11,13)(H,12,14). The predicted octanol–water partition coefficient (Wildman–Crippen LogP) is 2.53. The first-order chi connectivity index (χ1) is 7.74. The minimum absolute atomic E-state index is 0.735. The second-order valence-corrected chi connectivity index (χ2v) is 6.74. The van der Waals surface area contributed by atoms with E-state index < -0.39 is 0 Å². The minimum atomic E-state index is 0.735. The second-order valence-electron chi connectivity index (χ2n) is 3.16. The number of aryl methyl sites for hydroxylation is 2. The number of aromatic nitrogens is 4. The summed E-state index contributed by atoms with van der Waals surface area (Å²) in [6.45, 7) is 0. The van der Waals surface area contributed by atoms with Gasteiger partial charge in [0.2, 0.25) is 0 Å². The molecular weight excluding hydrogens is 280 g/mol. The van der Waals surface area contributed by atoms with Gasteiger partial charge in [0.15, 0.2) is 8.68 Å². The van der Waals surface area contributed by atoms with Crippen LogP contribution in [0.1, 0.15) is 22.9 Å². The maximum Gasteiger partial charge on any atom is 0.171 e. The molecular formula is C8H10N4S4. The Hall–Kier alpha value is -0.180. The van der Waals surface area contributed by atoms with Gasteiger partial charge in [-0.1, -0.05) is 22.7 Å². The van der Waals surface area contributed by atoms with Crippen molar-refractivity contribution in [3.8, 4) is 0 Å². The lowest BCUT2D eigenvalue weighted by atomic mass is 10.2. The fourth-order valence-corrected chi connectivity index (χ4v) is 3.21. The first-order valence-electron chi connectivity index (χ1n) is 4.77. The van der Waals surface area contributed by atoms with Gasteiger partial charge in [-0.3, -0.25) is 0 Å². The molecule has 0 spiro atoms. The molecule has 0 amide bonds. The van der Waals surface area contributed by atoms with Gasteiger partial charge >= 0.3 is 0 Å². The van der Waals surface area contributed by atoms with Crippen molar-refractivity contribution < 1.29 is 0 Å². The summed E-state index contributed by atoms with van der Waals surface area (Å²) < 4.78 is 1.47. The smallest absolute Gasteiger partial charge is 0.143 e. The Kier molecular flexibility index (Phi) is 4.56. The van der Waals surface area contributed by atoms with Gasteiger partial charge in [-0.15, -0.1) is 45.7 Å². The van der Waals surface area contributed by atoms with Crippen molar-refractivity contribution in [1.29, 1.82) is 0 Å². The Bertz CT molecular complexity index is 410. The summed E-state index contributed by atoms with van der Waals surface area (Å²) in [5.41, 5.74) is 0. The van der Waals surface area contributed by atoms with Crippen LogP contribution < -0.4 is 0 Å². The summed E-state index contributed by atoms with van der Waals surface area (Å²) in [6, 6.07) is 0. The van der Waals surface area contributed by atoms with E-state index in [1.54, 1.807) is 22.7 Å². The van der Waals surface area contributed by atoms with Crippen LogP contribution in [0.4, 0.5) is 0 Å². The Morgan fingerprint density at radius 3 is 1.50 bits per heavy atom. The van der Waals surface area contributed by atoms with Crippen molar-refractivity contribution in [2.75, 3.05) is 0 Å². The van der Waals surface area contributed by atoms with E-state index in [-0.39, 0.29) is 0 Å². The highest BCUT2D eigenvalue weighted by atomic mass is 32.2. The predicted molar refractivity (Wildman–Crippen MR) is 71.0 cm³/mol. The van der Waals surface area contributed by atoms with Gasteiger partial charge in [0, 0.05) is 12.8 Å². The van der Waals surface area contributed by atoms with E-state index in [1.807, 2.05) is 0 Å². The fraction of sp³-hybridized carbons (Fsp3) is 0.500. The molecule has 0 fully saturated rings. The molecule has 0 unspecified atom stereocenters. The number of nitrogens with zero attached hydrogens (tertiary/aromatic N) is 4. The lowest BCUT2D eigenvalue weighted by molar-refractivity contribution is 0.716. The van der Waals surface area contributed by atoms with E-state index in [9.17, 15) is 0 Å². The second kappa shape index (κ2) is 5.95. The topological polar surface area (TPSA) is 51.6 Å². The lowest BCUT2D eigenvalue weighted by Crippen LogP contribution is -1.88. The summed E-state index contributed by atoms with van der Waals surface area (Å²) in [4.78, 5) is 0. The van der Waals surface area contributed by atoms with Crippen molar-refractivity contribution in [3.05, 3.63) is 10.0 Å². The van der Waals surface area contributed by atoms with Crippen molar-refractivity contribution in [3.63, 3.8) is 0 Å². The third-order valence-electron chi connectivity index (χ3n) is 1.94. The molecule has 2 rings (SSSR count). The van der Waals surface area contributed by atoms with Gasteiger partial charge in [-0.05, 0) is 12.8 Å². The zero-order chi connectivity index (χ0) is 11.4. The van der Waals surface area contributed by atoms with E-state index in [0.717, 1.165) is 44.4 Å². The zero-order valence-electron chi connectivity index (χ0n) is 8.33. The summed E-state index contributed by atoms with van der Waals surface area (Å²) in [7, 11) is 0. The van der Waals surface area contributed by atoms with Crippen LogP contribution in [0.25, 0.3) is 0 Å². The molecule has 0 bridgehead atoms. The molecule has 0 atom stereocenters. The molecule has 0 N–H and O–H groups in total. The van der Waals surface area contributed by atoms with Gasteiger partial charge in [0.05, 0.1) is 0 Å². The fourth-order valence-electron chi connectivity index (χ4n) is 1.24. The monoisotopic (exact) mass is 290 g/mol. The van der Waals surface area contributed by atoms with Crippen LogP contribution in [0, 0.1) is 0 Å². The third-order valence-corrected chi connectivity index (χ3v) is 4.24. The van der Waals surface area contributed by atoms with Gasteiger partial charge in [-0.25, -0.2) is 0 Å². The van der Waals surface area contributed by atoms with Gasteiger partial charge in [0.1, 0.15) is 10.0 Å². The van der Waals surface area contributed by atoms with Crippen LogP contribution in [0.2, 0.25) is 0 Å². The maximum atomic E-state index is 4.13. The maximum absolute atomic E-state index is 4.13. The molecule has 2 aromatic rings. The molecule has 0 aliphatic heterocycles. The highest BCUT2D eigenvalue weighted by molar-refractivity contribution is 7.82. The molecule has 0 radical (unpaired) electrons. The zero-order valence-corrected chi connectivity index (χ0v) is 11.8. The van der Waals surface area contributed by atoms with Crippen molar-refractivity contribution >= 4 is 47.9 Å². The van der Waals surface area contributed by atoms with E-state index >= 15 is 0 Å². The van der Waals surface area contributed by atoms with Crippen molar-refractivity contribution in [2.24, 2.45) is 0 Å². The van der Waals surface area contributed by atoms with Crippen molar-refractivity contribution in [2.45, 2.75) is 34.4 Å². The number of rotatable bonds is 5. The molecule has 86 valence electrons. The first-order valence-corrected chi connectivity index (χ1v) is 7.29. The highest BCUT2D eigenvalue weighted by Crippen LogP contribution is 2.18. The molecule has 0 saturated heterocycles. The average Bonchev–Trinajstić information content (AvgIpc) is 2.83. The third kappa shape index (κ3) is 3.69. The molecule has 0 aliphatic carbocycles. The van der Waals surface area contributed by atoms with Crippen molar-refractivity contribution in [1.82, 2.24) is 20.4 Å². The molecule has 2 heterocycles. The molecule has 2 aromatic heterocycles. The molecule has 16 heavy (non-hydrogen) atoms. The van der Waals surface area contributed by atoms with Gasteiger partial charge in [-0.2, -0.15) is 0 Å². The number of unbranched alkanes of at least 4 members (excludes halogenated alkanes) is 1. The van der Waals surface area contributed by atoms with Crippen LogP contribution in [0.15, 0.2) is 8.68 Å². The van der Waals surface area contributed by atoms with Gasteiger partial charge < -0.3 is 0 Å². The van der Waals surface area contributed by atoms with Crippen LogP contribution in [0.3, 0.4) is 0 Å². The summed E-state index contributed by atoms with van der Waals surface area (Å²) in [6.07, 6.45) is 4.10. The largest absolute Gasteiger partial charge is 0.171 e. The Labute approximate surface area is 112 Å². The van der Waals surface area contributed by atoms with Crippen LogP contribution in [-0.4, -0.2) is 20.4 Å². The summed E-state index contributed by atoms with van der Waals surface area (Å²) in [5.74, 6) is 0. The number of thiol groups is 2. The first kappa shape index (κ1) is 12.3. The molecule has 0 saturated carbocycles. The number of hydrogen-bond acceptors (Lipinski definition) is 8. The van der Waals surface area contributed by atoms with E-state index in [0.29, 0.717) is 0 Å². The van der Waals surface area contributed by atoms with Gasteiger partial charge in [0.25, 0.3) is 0 Å². The van der Waals surface area contributed by atoms with E-state index in [4.69, 9.17) is 0 Å². The summed E-state index contributed by atoms with van der Waals surface area (Å²) in [5, 5.41) is 17.9. The lowest BCUT2D eigenvalue weighted by Gasteiger charge is -1.94. The highest BCUT2D eigenvalue weighted by Gasteiger charge is 2.03.